The first kappa shape index (κ1) is 23.4. The molecule has 9 nitrogen and oxygen atoms in total. The molecule has 4 aromatic rings. The molecule has 3 aromatic carbocycles. The van der Waals surface area contributed by atoms with E-state index in [1.807, 2.05) is 61.5 Å². The number of ether oxygens (including phenoxy) is 1. The standard InChI is InChI=1S/C26H22N4O5/c1-17-9-11-19(12-10-17)25-22(16-29(27-25)21-7-5-4-6-8-21)26(31)35-28-18(2)20-13-14-24(34-3)23(15-20)30(32)33/h4-16H,1-3H3/b28-18+. The maximum atomic E-state index is 13.1. The van der Waals surface area contributed by atoms with Crippen LogP contribution in [0, 0.1) is 17.0 Å². The molecule has 0 aliphatic carbocycles. The number of nitrogens with zero attached hydrogens (tertiary/aromatic N) is 4. The van der Waals surface area contributed by atoms with Crippen molar-refractivity contribution in [2.24, 2.45) is 5.16 Å². The molecule has 0 unspecified atom stereocenters. The van der Waals surface area contributed by atoms with Crippen LogP contribution in [0.15, 0.2) is 84.1 Å². The van der Waals surface area contributed by atoms with Gasteiger partial charge in [-0.2, -0.15) is 5.10 Å². The maximum Gasteiger partial charge on any atom is 0.369 e. The van der Waals surface area contributed by atoms with E-state index in [2.05, 4.69) is 10.3 Å². The minimum Gasteiger partial charge on any atom is -0.490 e. The number of para-hydroxylation sites is 1. The number of nitro benzene ring substituents is 1. The van der Waals surface area contributed by atoms with E-state index in [4.69, 9.17) is 9.57 Å². The van der Waals surface area contributed by atoms with Crippen molar-refractivity contribution in [2.45, 2.75) is 13.8 Å². The highest BCUT2D eigenvalue weighted by molar-refractivity contribution is 6.01. The van der Waals surface area contributed by atoms with Crippen molar-refractivity contribution >= 4 is 17.4 Å². The number of hydrogen-bond acceptors (Lipinski definition) is 7. The summed E-state index contributed by atoms with van der Waals surface area (Å²) in [6.45, 7) is 3.57. The molecule has 1 aromatic heterocycles. The Kier molecular flexibility index (Phi) is 6.68. The number of hydrogen-bond donors (Lipinski definition) is 0. The van der Waals surface area contributed by atoms with E-state index in [-0.39, 0.29) is 22.7 Å². The van der Waals surface area contributed by atoms with E-state index in [0.717, 1.165) is 16.8 Å². The van der Waals surface area contributed by atoms with Gasteiger partial charge >= 0.3 is 11.7 Å². The Morgan fingerprint density at radius 2 is 1.77 bits per heavy atom. The summed E-state index contributed by atoms with van der Waals surface area (Å²) in [6, 6.07) is 21.4. The Labute approximate surface area is 201 Å². The molecule has 9 heteroatoms. The van der Waals surface area contributed by atoms with E-state index < -0.39 is 10.9 Å². The number of benzene rings is 3. The molecule has 0 bridgehead atoms. The van der Waals surface area contributed by atoms with Crippen molar-refractivity contribution in [3.8, 4) is 22.7 Å². The van der Waals surface area contributed by atoms with Gasteiger partial charge in [0.2, 0.25) is 0 Å². The van der Waals surface area contributed by atoms with Gasteiger partial charge in [0.15, 0.2) is 5.75 Å². The SMILES string of the molecule is COc1ccc(/C(C)=N/OC(=O)c2cn(-c3ccccc3)nc2-c2ccc(C)cc2)cc1[N+](=O)[O-]. The van der Waals surface area contributed by atoms with Gasteiger partial charge < -0.3 is 9.57 Å². The fourth-order valence-corrected chi connectivity index (χ4v) is 3.43. The smallest absolute Gasteiger partial charge is 0.369 e. The van der Waals surface area contributed by atoms with Crippen LogP contribution in [-0.2, 0) is 4.84 Å². The highest BCUT2D eigenvalue weighted by Crippen LogP contribution is 2.28. The van der Waals surface area contributed by atoms with Crippen LogP contribution >= 0.6 is 0 Å². The Bertz CT molecular complexity index is 1410. The van der Waals surface area contributed by atoms with Crippen molar-refractivity contribution in [3.05, 3.63) is 106 Å². The zero-order valence-electron chi connectivity index (χ0n) is 19.3. The minimum atomic E-state index is -0.704. The third kappa shape index (κ3) is 5.09. The van der Waals surface area contributed by atoms with E-state index in [0.29, 0.717) is 11.3 Å². The zero-order chi connectivity index (χ0) is 24.9. The van der Waals surface area contributed by atoms with Gasteiger partial charge in [-0.05, 0) is 38.1 Å². The molecule has 176 valence electrons. The van der Waals surface area contributed by atoms with E-state index >= 15 is 0 Å². The van der Waals surface area contributed by atoms with Crippen LogP contribution in [-0.4, -0.2) is 33.5 Å². The predicted molar refractivity (Wildman–Crippen MR) is 131 cm³/mol. The molecule has 0 spiro atoms. The van der Waals surface area contributed by atoms with Crippen LogP contribution in [0.3, 0.4) is 0 Å². The van der Waals surface area contributed by atoms with E-state index in [9.17, 15) is 14.9 Å². The van der Waals surface area contributed by atoms with Gasteiger partial charge in [-0.25, -0.2) is 9.48 Å². The monoisotopic (exact) mass is 470 g/mol. The number of methoxy groups -OCH3 is 1. The molecular weight excluding hydrogens is 448 g/mol. The zero-order valence-corrected chi connectivity index (χ0v) is 19.3. The summed E-state index contributed by atoms with van der Waals surface area (Å²) in [5.41, 5.74) is 3.79. The molecule has 1 heterocycles. The number of carbonyl (C=O) groups excluding carboxylic acids is 1. The van der Waals surface area contributed by atoms with Crippen LogP contribution in [0.1, 0.15) is 28.4 Å². The average Bonchev–Trinajstić information content (AvgIpc) is 3.33. The van der Waals surface area contributed by atoms with Crippen molar-refractivity contribution in [3.63, 3.8) is 0 Å². The minimum absolute atomic E-state index is 0.125. The van der Waals surface area contributed by atoms with Gasteiger partial charge in [0.05, 0.1) is 23.4 Å². The molecule has 0 radical (unpaired) electrons. The Morgan fingerprint density at radius 1 is 1.06 bits per heavy atom. The first-order valence-electron chi connectivity index (χ1n) is 10.7. The van der Waals surface area contributed by atoms with Crippen molar-refractivity contribution < 1.29 is 19.3 Å². The fourth-order valence-electron chi connectivity index (χ4n) is 3.43. The summed E-state index contributed by atoms with van der Waals surface area (Å²) in [5.74, 6) is -0.579. The van der Waals surface area contributed by atoms with Crippen LogP contribution < -0.4 is 4.74 Å². The molecule has 35 heavy (non-hydrogen) atoms. The molecular formula is C26H22N4O5. The molecule has 0 saturated heterocycles. The van der Waals surface area contributed by atoms with Crippen LogP contribution in [0.2, 0.25) is 0 Å². The van der Waals surface area contributed by atoms with Crippen LogP contribution in [0.25, 0.3) is 16.9 Å². The summed E-state index contributed by atoms with van der Waals surface area (Å²) < 4.78 is 6.63. The summed E-state index contributed by atoms with van der Waals surface area (Å²) >= 11 is 0. The number of aryl methyl sites for hydroxylation is 1. The molecule has 0 atom stereocenters. The number of carbonyl (C=O) groups is 1. The lowest BCUT2D eigenvalue weighted by Crippen LogP contribution is -2.05. The number of aromatic nitrogens is 2. The van der Waals surface area contributed by atoms with Crippen LogP contribution in [0.5, 0.6) is 5.75 Å². The molecule has 0 amide bonds. The summed E-state index contributed by atoms with van der Waals surface area (Å²) in [4.78, 5) is 29.0. The van der Waals surface area contributed by atoms with E-state index in [1.54, 1.807) is 23.9 Å². The van der Waals surface area contributed by atoms with Gasteiger partial charge in [0.25, 0.3) is 0 Å². The normalized spacial score (nSPS) is 11.2. The average molecular weight is 470 g/mol. The molecule has 0 aliphatic heterocycles. The van der Waals surface area contributed by atoms with Gasteiger partial charge in [-0.15, -0.1) is 0 Å². The lowest BCUT2D eigenvalue weighted by atomic mass is 10.1. The van der Waals surface area contributed by atoms with Gasteiger partial charge in [-0.3, -0.25) is 10.1 Å². The number of nitro groups is 1. The van der Waals surface area contributed by atoms with Crippen molar-refractivity contribution in [1.82, 2.24) is 9.78 Å². The molecule has 0 fully saturated rings. The predicted octanol–water partition coefficient (Wildman–Crippen LogP) is 5.35. The second kappa shape index (κ2) is 10.0. The third-order valence-electron chi connectivity index (χ3n) is 5.34. The van der Waals surface area contributed by atoms with Crippen LogP contribution in [0.4, 0.5) is 5.69 Å². The highest BCUT2D eigenvalue weighted by Gasteiger charge is 2.21. The second-order valence-corrected chi connectivity index (χ2v) is 7.74. The molecule has 4 rings (SSSR count). The molecule has 0 saturated carbocycles. The topological polar surface area (TPSA) is 109 Å². The van der Waals surface area contributed by atoms with Crippen molar-refractivity contribution in [1.29, 1.82) is 0 Å². The summed E-state index contributed by atoms with van der Waals surface area (Å²) in [7, 11) is 1.35. The Balaban J connectivity index is 1.66. The Morgan fingerprint density at radius 3 is 2.43 bits per heavy atom. The Hall–Kier alpha value is -4.79. The number of rotatable bonds is 7. The van der Waals surface area contributed by atoms with Gasteiger partial charge in [0.1, 0.15) is 11.3 Å². The third-order valence-corrected chi connectivity index (χ3v) is 5.34. The lowest BCUT2D eigenvalue weighted by Gasteiger charge is -2.05. The largest absolute Gasteiger partial charge is 0.490 e. The molecule has 0 aliphatic rings. The first-order chi connectivity index (χ1) is 16.9. The van der Waals surface area contributed by atoms with E-state index in [1.165, 1.54) is 19.2 Å². The fraction of sp³-hybridized carbons (Fsp3) is 0.115. The molecule has 0 N–H and O–H groups in total. The van der Waals surface area contributed by atoms with Gasteiger partial charge in [-0.1, -0.05) is 53.2 Å². The second-order valence-electron chi connectivity index (χ2n) is 7.74. The van der Waals surface area contributed by atoms with Crippen molar-refractivity contribution in [2.75, 3.05) is 7.11 Å². The quantitative estimate of drug-likeness (QED) is 0.156. The first-order valence-corrected chi connectivity index (χ1v) is 10.7. The summed E-state index contributed by atoms with van der Waals surface area (Å²) in [5, 5.41) is 19.8. The summed E-state index contributed by atoms with van der Waals surface area (Å²) in [6.07, 6.45) is 1.59. The number of oxime groups is 1. The highest BCUT2D eigenvalue weighted by atomic mass is 16.7. The maximum absolute atomic E-state index is 13.1. The van der Waals surface area contributed by atoms with Gasteiger partial charge in [0, 0.05) is 23.4 Å². The lowest BCUT2D eigenvalue weighted by molar-refractivity contribution is -0.385.